The first-order valence-electron chi connectivity index (χ1n) is 9.85. The summed E-state index contributed by atoms with van der Waals surface area (Å²) in [5.41, 5.74) is 6.85. The molecule has 0 aliphatic heterocycles. The summed E-state index contributed by atoms with van der Waals surface area (Å²) in [5, 5.41) is 2.72. The number of nitrogens with two attached hydrogens (primary N) is 1. The number of nitrogens with one attached hydrogen (secondary N) is 1. The molecule has 0 radical (unpaired) electrons. The molecule has 4 rings (SSSR count). The standard InChI is InChI=1S/C21H21N9O3/c1-29(2)14-6-7-23-13(26-14)10-25-20(32)18-19(22)28-17(21-24-8-9-33-21)16(27-18)12-4-5-15(31)30(3)11-12/h4-9,11H,10H2,1-3H3,(H2,22,28)(H,25,32). The Balaban J connectivity index is 1.70. The molecule has 3 N–H and O–H groups in total. The third-order valence-corrected chi connectivity index (χ3v) is 4.69. The Labute approximate surface area is 188 Å². The van der Waals surface area contributed by atoms with E-state index in [1.54, 1.807) is 31.6 Å². The fraction of sp³-hybridized carbons (Fsp3) is 0.190. The second-order valence-corrected chi connectivity index (χ2v) is 7.27. The van der Waals surface area contributed by atoms with Crippen LogP contribution in [0.1, 0.15) is 16.3 Å². The molecular weight excluding hydrogens is 426 g/mol. The normalized spacial score (nSPS) is 10.8. The number of amides is 1. The maximum Gasteiger partial charge on any atom is 0.274 e. The van der Waals surface area contributed by atoms with E-state index in [4.69, 9.17) is 10.2 Å². The van der Waals surface area contributed by atoms with Crippen molar-refractivity contribution in [3.8, 4) is 22.8 Å². The molecule has 0 atom stereocenters. The maximum absolute atomic E-state index is 12.9. The van der Waals surface area contributed by atoms with Gasteiger partial charge in [-0.15, -0.1) is 0 Å². The molecule has 0 aromatic carbocycles. The molecule has 1 amide bonds. The number of hydrogen-bond acceptors (Lipinski definition) is 10. The minimum Gasteiger partial charge on any atom is -0.443 e. The van der Waals surface area contributed by atoms with Crippen molar-refractivity contribution >= 4 is 17.5 Å². The predicted octanol–water partition coefficient (Wildman–Crippen LogP) is 0.865. The molecule has 12 nitrogen and oxygen atoms in total. The van der Waals surface area contributed by atoms with Crippen molar-refractivity contribution in [3.05, 3.63) is 64.9 Å². The van der Waals surface area contributed by atoms with E-state index in [0.29, 0.717) is 22.9 Å². The largest absolute Gasteiger partial charge is 0.443 e. The first kappa shape index (κ1) is 21.6. The Bertz CT molecular complexity index is 1360. The van der Waals surface area contributed by atoms with Gasteiger partial charge in [0, 0.05) is 45.2 Å². The number of nitrogen functional groups attached to an aromatic ring is 1. The van der Waals surface area contributed by atoms with Crippen LogP contribution in [0.4, 0.5) is 11.6 Å². The summed E-state index contributed by atoms with van der Waals surface area (Å²) < 4.78 is 6.76. The Morgan fingerprint density at radius 2 is 1.94 bits per heavy atom. The Morgan fingerprint density at radius 1 is 1.12 bits per heavy atom. The Morgan fingerprint density at radius 3 is 2.64 bits per heavy atom. The first-order valence-corrected chi connectivity index (χ1v) is 9.85. The predicted molar refractivity (Wildman–Crippen MR) is 120 cm³/mol. The second kappa shape index (κ2) is 8.86. The molecule has 33 heavy (non-hydrogen) atoms. The van der Waals surface area contributed by atoms with Gasteiger partial charge in [-0.2, -0.15) is 0 Å². The fourth-order valence-electron chi connectivity index (χ4n) is 3.01. The lowest BCUT2D eigenvalue weighted by Gasteiger charge is -2.13. The summed E-state index contributed by atoms with van der Waals surface area (Å²) in [6.45, 7) is 0.0678. The van der Waals surface area contributed by atoms with E-state index in [1.807, 2.05) is 19.0 Å². The average molecular weight is 447 g/mol. The molecule has 4 aromatic heterocycles. The van der Waals surface area contributed by atoms with Crippen molar-refractivity contribution in [2.45, 2.75) is 6.54 Å². The van der Waals surface area contributed by atoms with Crippen LogP contribution in [0, 0.1) is 0 Å². The van der Waals surface area contributed by atoms with Gasteiger partial charge in [0.05, 0.1) is 12.7 Å². The van der Waals surface area contributed by atoms with Crippen LogP contribution in [-0.2, 0) is 13.6 Å². The smallest absolute Gasteiger partial charge is 0.274 e. The van der Waals surface area contributed by atoms with Crippen molar-refractivity contribution < 1.29 is 9.21 Å². The van der Waals surface area contributed by atoms with Gasteiger partial charge < -0.3 is 24.9 Å². The quantitative estimate of drug-likeness (QED) is 0.434. The SMILES string of the molecule is CN(C)c1ccnc(CNC(=O)c2nc(-c3ccc(=O)n(C)c3)c(-c3ncco3)nc2N)n1. The third-order valence-electron chi connectivity index (χ3n) is 4.69. The van der Waals surface area contributed by atoms with E-state index in [9.17, 15) is 9.59 Å². The van der Waals surface area contributed by atoms with E-state index in [1.165, 1.54) is 23.1 Å². The van der Waals surface area contributed by atoms with Crippen LogP contribution in [-0.4, -0.2) is 49.5 Å². The van der Waals surface area contributed by atoms with Crippen LogP contribution in [0.5, 0.6) is 0 Å². The number of anilines is 2. The van der Waals surface area contributed by atoms with Crippen LogP contribution in [0.25, 0.3) is 22.8 Å². The van der Waals surface area contributed by atoms with E-state index >= 15 is 0 Å². The van der Waals surface area contributed by atoms with E-state index < -0.39 is 5.91 Å². The first-order chi connectivity index (χ1) is 15.8. The molecule has 0 spiro atoms. The summed E-state index contributed by atoms with van der Waals surface area (Å²) in [6, 6.07) is 4.73. The molecule has 0 aliphatic rings. The summed E-state index contributed by atoms with van der Waals surface area (Å²) in [4.78, 5) is 48.0. The van der Waals surface area contributed by atoms with Crippen LogP contribution in [0.15, 0.2) is 52.3 Å². The number of carbonyl (C=O) groups is 1. The van der Waals surface area contributed by atoms with Crippen molar-refractivity contribution in [2.24, 2.45) is 7.05 Å². The highest BCUT2D eigenvalue weighted by molar-refractivity contribution is 5.97. The molecule has 0 unspecified atom stereocenters. The van der Waals surface area contributed by atoms with Crippen LogP contribution < -0.4 is 21.5 Å². The molecule has 0 bridgehead atoms. The summed E-state index contributed by atoms with van der Waals surface area (Å²) in [6.07, 6.45) is 6.04. The zero-order valence-electron chi connectivity index (χ0n) is 18.2. The summed E-state index contributed by atoms with van der Waals surface area (Å²) in [7, 11) is 5.32. The van der Waals surface area contributed by atoms with Gasteiger partial charge in [-0.1, -0.05) is 0 Å². The molecule has 168 valence electrons. The molecule has 0 saturated carbocycles. The van der Waals surface area contributed by atoms with Gasteiger partial charge in [-0.25, -0.2) is 24.9 Å². The summed E-state index contributed by atoms with van der Waals surface area (Å²) in [5.74, 6) is 0.664. The van der Waals surface area contributed by atoms with Gasteiger partial charge >= 0.3 is 0 Å². The molecule has 0 saturated heterocycles. The van der Waals surface area contributed by atoms with Crippen molar-refractivity contribution in [2.75, 3.05) is 24.7 Å². The van der Waals surface area contributed by atoms with Gasteiger partial charge in [0.1, 0.15) is 23.6 Å². The highest BCUT2D eigenvalue weighted by Crippen LogP contribution is 2.29. The van der Waals surface area contributed by atoms with Crippen LogP contribution >= 0.6 is 0 Å². The molecule has 4 heterocycles. The average Bonchev–Trinajstić information content (AvgIpc) is 3.34. The number of oxazole rings is 1. The zero-order chi connectivity index (χ0) is 23.5. The topological polar surface area (TPSA) is 158 Å². The van der Waals surface area contributed by atoms with Gasteiger partial charge in [-0.05, 0) is 12.1 Å². The van der Waals surface area contributed by atoms with E-state index in [-0.39, 0.29) is 35.2 Å². The van der Waals surface area contributed by atoms with E-state index in [2.05, 4.69) is 30.2 Å². The van der Waals surface area contributed by atoms with Gasteiger partial charge in [0.25, 0.3) is 5.91 Å². The minimum atomic E-state index is -0.552. The Hall–Kier alpha value is -4.61. The summed E-state index contributed by atoms with van der Waals surface area (Å²) >= 11 is 0. The number of rotatable bonds is 6. The number of hydrogen-bond donors (Lipinski definition) is 2. The lowest BCUT2D eigenvalue weighted by molar-refractivity contribution is 0.0945. The highest BCUT2D eigenvalue weighted by Gasteiger charge is 2.22. The number of pyridine rings is 1. The van der Waals surface area contributed by atoms with Gasteiger partial charge in [0.15, 0.2) is 17.2 Å². The van der Waals surface area contributed by atoms with Crippen molar-refractivity contribution in [1.82, 2.24) is 34.8 Å². The molecular formula is C21H21N9O3. The zero-order valence-corrected chi connectivity index (χ0v) is 18.2. The number of nitrogens with zero attached hydrogens (tertiary/aromatic N) is 7. The van der Waals surface area contributed by atoms with Gasteiger partial charge in [0.2, 0.25) is 11.4 Å². The molecule has 0 fully saturated rings. The third kappa shape index (κ3) is 4.54. The van der Waals surface area contributed by atoms with Crippen LogP contribution in [0.3, 0.4) is 0 Å². The fourth-order valence-corrected chi connectivity index (χ4v) is 3.01. The number of aryl methyl sites for hydroxylation is 1. The number of aromatic nitrogens is 6. The lowest BCUT2D eigenvalue weighted by atomic mass is 10.1. The van der Waals surface area contributed by atoms with Crippen molar-refractivity contribution in [1.29, 1.82) is 0 Å². The Kier molecular flexibility index (Phi) is 5.81. The van der Waals surface area contributed by atoms with Crippen molar-refractivity contribution in [3.63, 3.8) is 0 Å². The van der Waals surface area contributed by atoms with Crippen LogP contribution in [0.2, 0.25) is 0 Å². The van der Waals surface area contributed by atoms with E-state index in [0.717, 1.165) is 0 Å². The highest BCUT2D eigenvalue weighted by atomic mass is 16.3. The lowest BCUT2D eigenvalue weighted by Crippen LogP contribution is -2.27. The minimum absolute atomic E-state index is 0.0678. The monoisotopic (exact) mass is 447 g/mol. The number of carbonyl (C=O) groups excluding carboxylic acids is 1. The molecule has 0 aliphatic carbocycles. The van der Waals surface area contributed by atoms with Gasteiger partial charge in [-0.3, -0.25) is 9.59 Å². The molecule has 4 aromatic rings. The second-order valence-electron chi connectivity index (χ2n) is 7.27. The molecule has 12 heteroatoms. The maximum atomic E-state index is 12.9.